The first-order valence-corrected chi connectivity index (χ1v) is 12.8. The maximum Gasteiger partial charge on any atom is 0.270 e. The van der Waals surface area contributed by atoms with E-state index in [1.165, 1.54) is 24.8 Å². The number of carbonyl (C=O) groups excluding carboxylic acids is 1. The van der Waals surface area contributed by atoms with E-state index in [1.807, 2.05) is 35.9 Å². The molecule has 1 amide bonds. The van der Waals surface area contributed by atoms with Crippen LogP contribution in [0.3, 0.4) is 0 Å². The van der Waals surface area contributed by atoms with Gasteiger partial charge in [0.15, 0.2) is 5.79 Å². The summed E-state index contributed by atoms with van der Waals surface area (Å²) in [4.78, 5) is 24.6. The number of hydrogen-bond donors (Lipinski definition) is 1. The Kier molecular flexibility index (Phi) is 5.73. The van der Waals surface area contributed by atoms with E-state index >= 15 is 0 Å². The highest BCUT2D eigenvalue weighted by atomic mass is 16.7. The second kappa shape index (κ2) is 8.91. The predicted molar refractivity (Wildman–Crippen MR) is 133 cm³/mol. The summed E-state index contributed by atoms with van der Waals surface area (Å²) in [7, 11) is 0. The van der Waals surface area contributed by atoms with Crippen LogP contribution in [0, 0.1) is 6.92 Å². The smallest absolute Gasteiger partial charge is 0.270 e. The third-order valence-corrected chi connectivity index (χ3v) is 7.72. The van der Waals surface area contributed by atoms with Crippen molar-refractivity contribution in [3.05, 3.63) is 59.2 Å². The van der Waals surface area contributed by atoms with Gasteiger partial charge >= 0.3 is 0 Å². The lowest BCUT2D eigenvalue weighted by Crippen LogP contribution is -2.45. The predicted octanol–water partition coefficient (Wildman–Crippen LogP) is 3.97. The lowest BCUT2D eigenvalue weighted by molar-refractivity contribution is -0.178. The van der Waals surface area contributed by atoms with Crippen LogP contribution in [0.25, 0.3) is 5.65 Å². The highest BCUT2D eigenvalue weighted by molar-refractivity contribution is 5.94. The third kappa shape index (κ3) is 4.29. The van der Waals surface area contributed by atoms with E-state index < -0.39 is 5.79 Å². The van der Waals surface area contributed by atoms with Crippen LogP contribution >= 0.6 is 0 Å². The molecule has 1 saturated carbocycles. The Morgan fingerprint density at radius 2 is 2.06 bits per heavy atom. The topological polar surface area (TPSA) is 81.0 Å². The molecule has 35 heavy (non-hydrogen) atoms. The van der Waals surface area contributed by atoms with Crippen LogP contribution in [0.5, 0.6) is 0 Å². The second-order valence-electron chi connectivity index (χ2n) is 10.2. The van der Waals surface area contributed by atoms with Crippen LogP contribution in [0.15, 0.2) is 36.7 Å². The first kappa shape index (κ1) is 22.5. The monoisotopic (exact) mass is 475 g/mol. The van der Waals surface area contributed by atoms with Crippen molar-refractivity contribution in [1.82, 2.24) is 19.7 Å². The van der Waals surface area contributed by atoms with Gasteiger partial charge in [-0.3, -0.25) is 9.20 Å². The molecule has 3 fully saturated rings. The zero-order valence-electron chi connectivity index (χ0n) is 20.5. The zero-order chi connectivity index (χ0) is 24.0. The minimum atomic E-state index is -0.408. The van der Waals surface area contributed by atoms with Gasteiger partial charge in [0.1, 0.15) is 17.2 Å². The number of amides is 1. The Morgan fingerprint density at radius 3 is 2.71 bits per heavy atom. The third-order valence-electron chi connectivity index (χ3n) is 7.72. The van der Waals surface area contributed by atoms with E-state index in [-0.39, 0.29) is 12.0 Å². The fourth-order valence-electron chi connectivity index (χ4n) is 5.46. The lowest BCUT2D eigenvalue weighted by Gasteiger charge is -2.38. The van der Waals surface area contributed by atoms with E-state index in [9.17, 15) is 4.79 Å². The van der Waals surface area contributed by atoms with Gasteiger partial charge in [0, 0.05) is 44.9 Å². The summed E-state index contributed by atoms with van der Waals surface area (Å²) in [6.45, 7) is 6.75. The van der Waals surface area contributed by atoms with Gasteiger partial charge < -0.3 is 19.7 Å². The number of hydrogen-bond acceptors (Lipinski definition) is 6. The Hall–Kier alpha value is -2.97. The molecular formula is C27H33N5O3. The van der Waals surface area contributed by atoms with Crippen molar-refractivity contribution in [2.45, 2.75) is 70.3 Å². The molecule has 0 unspecified atom stereocenters. The van der Waals surface area contributed by atoms with Crippen LogP contribution < -0.4 is 10.2 Å². The number of ether oxygens (including phenoxy) is 2. The van der Waals surface area contributed by atoms with E-state index in [0.29, 0.717) is 24.8 Å². The summed E-state index contributed by atoms with van der Waals surface area (Å²) in [6.07, 6.45) is 9.48. The Labute approximate surface area is 205 Å². The van der Waals surface area contributed by atoms with Gasteiger partial charge in [-0.1, -0.05) is 12.5 Å². The summed E-state index contributed by atoms with van der Waals surface area (Å²) in [5.41, 5.74) is 4.47. The average Bonchev–Trinajstić information content (AvgIpc) is 3.35. The van der Waals surface area contributed by atoms with Gasteiger partial charge in [-0.25, -0.2) is 9.97 Å². The molecule has 0 aromatic carbocycles. The highest BCUT2D eigenvalue weighted by Gasteiger charge is 2.42. The summed E-state index contributed by atoms with van der Waals surface area (Å²) in [5.74, 6) is 1.06. The number of aromatic nitrogens is 3. The molecule has 5 heterocycles. The molecule has 1 atom stereocenters. The minimum Gasteiger partial charge on any atom is -0.356 e. The molecule has 2 saturated heterocycles. The number of fused-ring (bicyclic) bond motifs is 1. The van der Waals surface area contributed by atoms with Crippen molar-refractivity contribution >= 4 is 17.4 Å². The number of rotatable bonds is 5. The molecule has 1 N–H and O–H groups in total. The molecule has 8 heteroatoms. The van der Waals surface area contributed by atoms with E-state index in [1.54, 1.807) is 0 Å². The molecule has 6 rings (SSSR count). The summed E-state index contributed by atoms with van der Waals surface area (Å²) in [5, 5.41) is 3.04. The molecular weight excluding hydrogens is 442 g/mol. The summed E-state index contributed by atoms with van der Waals surface area (Å²) < 4.78 is 13.8. The fourth-order valence-corrected chi connectivity index (χ4v) is 5.46. The number of imidazole rings is 1. The molecule has 0 bridgehead atoms. The van der Waals surface area contributed by atoms with Crippen LogP contribution in [0.4, 0.5) is 5.82 Å². The Balaban J connectivity index is 1.07. The molecule has 184 valence electrons. The standard InChI is InChI=1S/C27H33N5O3/c1-18-17-34-27(35-18)9-12-31(13-10-27)23-7-6-20(15-28-23)16-29-26(33)25-19(2)30-24-14-22(8-11-32(24)25)21-4-3-5-21/h6-8,11,14-15,18,21H,3-5,9-10,12-13,16-17H2,1-2H3,(H,29,33)/t18-/m1/s1. The van der Waals surface area contributed by atoms with Crippen LogP contribution in [-0.2, 0) is 16.0 Å². The normalized spacial score (nSPS) is 22.0. The van der Waals surface area contributed by atoms with Crippen molar-refractivity contribution in [2.24, 2.45) is 0 Å². The maximum atomic E-state index is 13.0. The van der Waals surface area contributed by atoms with E-state index in [0.717, 1.165) is 48.7 Å². The molecule has 0 radical (unpaired) electrons. The van der Waals surface area contributed by atoms with Gasteiger partial charge in [-0.15, -0.1) is 0 Å². The number of anilines is 1. The number of pyridine rings is 2. The molecule has 3 aliphatic rings. The van der Waals surface area contributed by atoms with Crippen molar-refractivity contribution in [1.29, 1.82) is 0 Å². The fraction of sp³-hybridized carbons (Fsp3) is 0.519. The molecule has 3 aromatic heterocycles. The summed E-state index contributed by atoms with van der Waals surface area (Å²) >= 11 is 0. The van der Waals surface area contributed by atoms with Crippen LogP contribution in [0.2, 0.25) is 0 Å². The SMILES string of the molecule is Cc1nc2cc(C3CCC3)ccn2c1C(=O)NCc1ccc(N2CCC3(CC2)OC[C@@H](C)O3)nc1. The molecule has 2 aliphatic heterocycles. The molecule has 8 nitrogen and oxygen atoms in total. The van der Waals surface area contributed by atoms with E-state index in [4.69, 9.17) is 9.47 Å². The van der Waals surface area contributed by atoms with Crippen LogP contribution in [-0.4, -0.2) is 51.9 Å². The number of nitrogens with one attached hydrogen (secondary N) is 1. The zero-order valence-corrected chi connectivity index (χ0v) is 20.5. The van der Waals surface area contributed by atoms with Crippen molar-refractivity contribution < 1.29 is 14.3 Å². The van der Waals surface area contributed by atoms with Gasteiger partial charge in [-0.2, -0.15) is 0 Å². The number of piperidine rings is 1. The van der Waals surface area contributed by atoms with Gasteiger partial charge in [0.2, 0.25) is 0 Å². The largest absolute Gasteiger partial charge is 0.356 e. The van der Waals surface area contributed by atoms with Gasteiger partial charge in [-0.05, 0) is 61.9 Å². The van der Waals surface area contributed by atoms with Gasteiger partial charge in [0.05, 0.1) is 18.4 Å². The van der Waals surface area contributed by atoms with Crippen LogP contribution in [0.1, 0.15) is 72.3 Å². The first-order chi connectivity index (χ1) is 17.0. The molecule has 1 spiro atoms. The van der Waals surface area contributed by atoms with Crippen molar-refractivity contribution in [2.75, 3.05) is 24.6 Å². The number of nitrogens with zero attached hydrogens (tertiary/aromatic N) is 4. The number of aryl methyl sites for hydroxylation is 1. The lowest BCUT2D eigenvalue weighted by atomic mass is 9.80. The number of carbonyl (C=O) groups is 1. The average molecular weight is 476 g/mol. The first-order valence-electron chi connectivity index (χ1n) is 12.8. The maximum absolute atomic E-state index is 13.0. The Bertz CT molecular complexity index is 1230. The van der Waals surface area contributed by atoms with Crippen molar-refractivity contribution in [3.8, 4) is 0 Å². The molecule has 1 aliphatic carbocycles. The molecule has 3 aromatic rings. The summed E-state index contributed by atoms with van der Waals surface area (Å²) in [6, 6.07) is 8.32. The Morgan fingerprint density at radius 1 is 1.23 bits per heavy atom. The van der Waals surface area contributed by atoms with Gasteiger partial charge in [0.25, 0.3) is 5.91 Å². The second-order valence-corrected chi connectivity index (χ2v) is 10.2. The minimum absolute atomic E-state index is 0.123. The van der Waals surface area contributed by atoms with E-state index in [2.05, 4.69) is 39.2 Å². The van der Waals surface area contributed by atoms with Crippen molar-refractivity contribution in [3.63, 3.8) is 0 Å². The quantitative estimate of drug-likeness (QED) is 0.602. The highest BCUT2D eigenvalue weighted by Crippen LogP contribution is 2.37.